The fraction of sp³-hybridized carbons (Fsp3) is 0.125. The number of imidazole rings is 1. The minimum atomic E-state index is 0.457. The van der Waals surface area contributed by atoms with Crippen molar-refractivity contribution in [3.05, 3.63) is 28.5 Å². The summed E-state index contributed by atoms with van der Waals surface area (Å²) in [6.07, 6.45) is 0. The summed E-state index contributed by atoms with van der Waals surface area (Å²) in [4.78, 5) is 4.11. The van der Waals surface area contributed by atoms with E-state index in [1.54, 1.807) is 10.6 Å². The number of aromatic nitrogens is 2. The molecule has 0 bridgehead atoms. The second kappa shape index (κ2) is 2.64. The van der Waals surface area contributed by atoms with Crippen LogP contribution >= 0.6 is 23.2 Å². The van der Waals surface area contributed by atoms with Gasteiger partial charge in [-0.25, -0.2) is 4.98 Å². The molecule has 0 aliphatic carbocycles. The third-order valence-corrected chi connectivity index (χ3v) is 2.45. The monoisotopic (exact) mass is 200 g/mol. The van der Waals surface area contributed by atoms with E-state index in [1.807, 2.05) is 19.2 Å². The zero-order valence-corrected chi connectivity index (χ0v) is 7.89. The molecule has 62 valence electrons. The van der Waals surface area contributed by atoms with Crippen LogP contribution in [0.15, 0.2) is 18.2 Å². The first-order valence-corrected chi connectivity index (χ1v) is 4.22. The average molecular weight is 201 g/mol. The van der Waals surface area contributed by atoms with Crippen LogP contribution in [0.3, 0.4) is 0 Å². The Morgan fingerprint density at radius 1 is 1.33 bits per heavy atom. The minimum absolute atomic E-state index is 0.457. The molecule has 0 N–H and O–H groups in total. The molecule has 12 heavy (non-hydrogen) atoms. The van der Waals surface area contributed by atoms with Gasteiger partial charge in [0.15, 0.2) is 0 Å². The summed E-state index contributed by atoms with van der Waals surface area (Å²) >= 11 is 11.7. The molecule has 1 aromatic heterocycles. The highest BCUT2D eigenvalue weighted by molar-refractivity contribution is 6.35. The van der Waals surface area contributed by atoms with Crippen LogP contribution in [0, 0.1) is 0 Å². The molecule has 0 fully saturated rings. The van der Waals surface area contributed by atoms with Gasteiger partial charge in [-0.3, -0.25) is 0 Å². The van der Waals surface area contributed by atoms with E-state index in [1.165, 1.54) is 0 Å². The lowest BCUT2D eigenvalue weighted by atomic mass is 10.3. The number of aryl methyl sites for hydroxylation is 1. The Kier molecular flexibility index (Phi) is 1.74. The van der Waals surface area contributed by atoms with Crippen molar-refractivity contribution in [2.75, 3.05) is 0 Å². The summed E-state index contributed by atoms with van der Waals surface area (Å²) in [7, 11) is 1.86. The van der Waals surface area contributed by atoms with E-state index >= 15 is 0 Å². The van der Waals surface area contributed by atoms with Crippen molar-refractivity contribution in [2.24, 2.45) is 7.05 Å². The number of halogens is 2. The summed E-state index contributed by atoms with van der Waals surface area (Å²) in [6, 6.07) is 5.61. The van der Waals surface area contributed by atoms with E-state index in [0.29, 0.717) is 10.3 Å². The second-order valence-electron chi connectivity index (χ2n) is 2.55. The van der Waals surface area contributed by atoms with E-state index in [0.717, 1.165) is 11.0 Å². The zero-order valence-electron chi connectivity index (χ0n) is 6.38. The molecule has 4 heteroatoms. The van der Waals surface area contributed by atoms with E-state index in [-0.39, 0.29) is 0 Å². The lowest BCUT2D eigenvalue weighted by molar-refractivity contribution is 0.949. The quantitative estimate of drug-likeness (QED) is 0.640. The molecule has 0 radical (unpaired) electrons. The number of nitrogens with zero attached hydrogens (tertiary/aromatic N) is 2. The summed E-state index contributed by atoms with van der Waals surface area (Å²) in [5, 5.41) is 1.09. The lowest BCUT2D eigenvalue weighted by Gasteiger charge is -1.94. The number of fused-ring (bicyclic) bond motifs is 1. The smallest absolute Gasteiger partial charge is 0.203 e. The highest BCUT2D eigenvalue weighted by atomic mass is 35.5. The van der Waals surface area contributed by atoms with Gasteiger partial charge in [0.25, 0.3) is 0 Å². The molecule has 0 saturated heterocycles. The first kappa shape index (κ1) is 7.90. The van der Waals surface area contributed by atoms with Gasteiger partial charge in [0.05, 0.1) is 10.5 Å². The van der Waals surface area contributed by atoms with Crippen molar-refractivity contribution in [3.63, 3.8) is 0 Å². The van der Waals surface area contributed by atoms with Gasteiger partial charge in [0.1, 0.15) is 5.52 Å². The molecule has 0 unspecified atom stereocenters. The maximum absolute atomic E-state index is 5.91. The predicted octanol–water partition coefficient (Wildman–Crippen LogP) is 2.88. The fourth-order valence-corrected chi connectivity index (χ4v) is 1.54. The predicted molar refractivity (Wildman–Crippen MR) is 50.7 cm³/mol. The normalized spacial score (nSPS) is 10.9. The molecule has 0 saturated carbocycles. The van der Waals surface area contributed by atoms with E-state index < -0.39 is 0 Å². The summed E-state index contributed by atoms with van der Waals surface area (Å²) < 4.78 is 1.79. The van der Waals surface area contributed by atoms with Crippen LogP contribution in [0.5, 0.6) is 0 Å². The number of rotatable bonds is 0. The Morgan fingerprint density at radius 2 is 2.08 bits per heavy atom. The van der Waals surface area contributed by atoms with Crippen LogP contribution in [-0.4, -0.2) is 9.55 Å². The Balaban J connectivity index is 2.95. The number of para-hydroxylation sites is 1. The third kappa shape index (κ3) is 0.993. The first-order valence-electron chi connectivity index (χ1n) is 3.46. The summed E-state index contributed by atoms with van der Waals surface area (Å²) in [6.45, 7) is 0. The second-order valence-corrected chi connectivity index (χ2v) is 3.29. The van der Waals surface area contributed by atoms with Gasteiger partial charge in [-0.05, 0) is 23.7 Å². The standard InChI is InChI=1S/C8H6Cl2N2/c1-12-6-4-2-3-5(9)7(6)11-8(12)10/h2-4H,1H3. The van der Waals surface area contributed by atoms with Crippen LogP contribution in [0.2, 0.25) is 10.3 Å². The van der Waals surface area contributed by atoms with Crippen LogP contribution in [0.1, 0.15) is 0 Å². The van der Waals surface area contributed by atoms with Crippen molar-refractivity contribution in [2.45, 2.75) is 0 Å². The number of hydrogen-bond acceptors (Lipinski definition) is 1. The van der Waals surface area contributed by atoms with Crippen LogP contribution < -0.4 is 0 Å². The maximum atomic E-state index is 5.91. The van der Waals surface area contributed by atoms with Gasteiger partial charge in [-0.2, -0.15) is 0 Å². The largest absolute Gasteiger partial charge is 0.318 e. The van der Waals surface area contributed by atoms with Gasteiger partial charge in [0, 0.05) is 7.05 Å². The molecule has 0 aliphatic rings. The number of hydrogen-bond donors (Lipinski definition) is 0. The SMILES string of the molecule is Cn1c(Cl)nc2c(Cl)cccc21. The van der Waals surface area contributed by atoms with Gasteiger partial charge in [-0.15, -0.1) is 0 Å². The molecule has 0 amide bonds. The highest BCUT2D eigenvalue weighted by Gasteiger charge is 2.06. The van der Waals surface area contributed by atoms with Gasteiger partial charge in [-0.1, -0.05) is 17.7 Å². The molecule has 2 aromatic rings. The molecule has 1 heterocycles. The first-order chi connectivity index (χ1) is 5.70. The van der Waals surface area contributed by atoms with Crippen LogP contribution in [0.4, 0.5) is 0 Å². The molecule has 0 aliphatic heterocycles. The fourth-order valence-electron chi connectivity index (χ4n) is 1.15. The minimum Gasteiger partial charge on any atom is -0.318 e. The van der Waals surface area contributed by atoms with E-state index in [4.69, 9.17) is 23.2 Å². The van der Waals surface area contributed by atoms with Gasteiger partial charge in [0.2, 0.25) is 5.28 Å². The molecule has 0 atom stereocenters. The Morgan fingerprint density at radius 3 is 2.75 bits per heavy atom. The molecule has 1 aromatic carbocycles. The average Bonchev–Trinajstić information content (AvgIpc) is 2.32. The van der Waals surface area contributed by atoms with Crippen molar-refractivity contribution < 1.29 is 0 Å². The van der Waals surface area contributed by atoms with Crippen molar-refractivity contribution in [3.8, 4) is 0 Å². The molecule has 2 rings (SSSR count). The lowest BCUT2D eigenvalue weighted by Crippen LogP contribution is -1.85. The van der Waals surface area contributed by atoms with Crippen molar-refractivity contribution >= 4 is 34.2 Å². The molecule has 2 nitrogen and oxygen atoms in total. The number of benzene rings is 1. The highest BCUT2D eigenvalue weighted by Crippen LogP contribution is 2.24. The van der Waals surface area contributed by atoms with Crippen LogP contribution in [0.25, 0.3) is 11.0 Å². The van der Waals surface area contributed by atoms with Crippen LogP contribution in [-0.2, 0) is 7.05 Å². The zero-order chi connectivity index (χ0) is 8.72. The Bertz CT molecular complexity index is 434. The van der Waals surface area contributed by atoms with Gasteiger partial charge >= 0.3 is 0 Å². The maximum Gasteiger partial charge on any atom is 0.203 e. The molecular formula is C8H6Cl2N2. The topological polar surface area (TPSA) is 17.8 Å². The Hall–Kier alpha value is -0.730. The summed E-state index contributed by atoms with van der Waals surface area (Å²) in [5.74, 6) is 0. The third-order valence-electron chi connectivity index (χ3n) is 1.81. The van der Waals surface area contributed by atoms with Gasteiger partial charge < -0.3 is 4.57 Å². The summed E-state index contributed by atoms with van der Waals surface area (Å²) in [5.41, 5.74) is 1.71. The van der Waals surface area contributed by atoms with E-state index in [9.17, 15) is 0 Å². The molecular weight excluding hydrogens is 195 g/mol. The van der Waals surface area contributed by atoms with E-state index in [2.05, 4.69) is 4.98 Å². The molecule has 0 spiro atoms. The van der Waals surface area contributed by atoms with Crippen molar-refractivity contribution in [1.29, 1.82) is 0 Å². The van der Waals surface area contributed by atoms with Crippen molar-refractivity contribution in [1.82, 2.24) is 9.55 Å². The Labute approximate surface area is 79.7 Å².